The van der Waals surface area contributed by atoms with Gasteiger partial charge in [0, 0.05) is 6.42 Å². The summed E-state index contributed by atoms with van der Waals surface area (Å²) in [5.41, 5.74) is 2.17. The van der Waals surface area contributed by atoms with Crippen LogP contribution in [0.25, 0.3) is 5.69 Å². The third-order valence-electron chi connectivity index (χ3n) is 4.07. The first-order valence-corrected chi connectivity index (χ1v) is 9.15. The van der Waals surface area contributed by atoms with Crippen molar-refractivity contribution in [1.82, 2.24) is 9.78 Å². The summed E-state index contributed by atoms with van der Waals surface area (Å²) in [5.74, 6) is 0.148. The number of para-hydroxylation sites is 1. The van der Waals surface area contributed by atoms with E-state index >= 15 is 0 Å². The molecule has 1 aromatic heterocycles. The van der Waals surface area contributed by atoms with Crippen LogP contribution in [-0.2, 0) is 4.79 Å². The second-order valence-corrected chi connectivity index (χ2v) is 6.28. The van der Waals surface area contributed by atoms with Crippen LogP contribution in [0.15, 0.2) is 64.8 Å². The normalized spacial score (nSPS) is 11.1. The van der Waals surface area contributed by atoms with Gasteiger partial charge in [0.15, 0.2) is 5.69 Å². The molecule has 0 spiro atoms. The van der Waals surface area contributed by atoms with Crippen LogP contribution in [0.2, 0.25) is 0 Å². The first kappa shape index (κ1) is 19.3. The van der Waals surface area contributed by atoms with Gasteiger partial charge in [0.25, 0.3) is 0 Å². The van der Waals surface area contributed by atoms with Gasteiger partial charge in [0.1, 0.15) is 5.75 Å². The van der Waals surface area contributed by atoms with Crippen molar-refractivity contribution in [3.63, 3.8) is 0 Å². The molecule has 0 amide bonds. The molecule has 0 bridgehead atoms. The van der Waals surface area contributed by atoms with E-state index in [1.54, 1.807) is 31.2 Å². The molecule has 1 heterocycles. The first-order valence-electron chi connectivity index (χ1n) is 9.15. The fourth-order valence-corrected chi connectivity index (χ4v) is 2.57. The number of benzene rings is 2. The molecule has 0 atom stereocenters. The van der Waals surface area contributed by atoms with Crippen LogP contribution in [0.3, 0.4) is 0 Å². The standard InChI is InChI=1S/C21H22N4O3/c1-3-4-10-19(26)28-18-13-11-16(12-14-18)22-23-20-15(2)24-25(21(20)27)17-8-6-5-7-9-17/h5-9,11-14,27H,3-4,10H2,1-2H3. The Hall–Kier alpha value is -3.48. The third-order valence-corrected chi connectivity index (χ3v) is 4.07. The largest absolute Gasteiger partial charge is 0.492 e. The van der Waals surface area contributed by atoms with Crippen LogP contribution >= 0.6 is 0 Å². The second kappa shape index (κ2) is 8.94. The Morgan fingerprint density at radius 1 is 1.11 bits per heavy atom. The summed E-state index contributed by atoms with van der Waals surface area (Å²) >= 11 is 0. The number of carbonyl (C=O) groups is 1. The van der Waals surface area contributed by atoms with Crippen molar-refractivity contribution in [2.45, 2.75) is 33.1 Å². The molecule has 2 aromatic carbocycles. The summed E-state index contributed by atoms with van der Waals surface area (Å²) in [6.07, 6.45) is 2.16. The number of carbonyl (C=O) groups excluding carboxylic acids is 1. The van der Waals surface area contributed by atoms with Crippen LogP contribution in [0, 0.1) is 6.92 Å². The van der Waals surface area contributed by atoms with Crippen LogP contribution in [-0.4, -0.2) is 20.9 Å². The fourth-order valence-electron chi connectivity index (χ4n) is 2.57. The van der Waals surface area contributed by atoms with E-state index in [0.29, 0.717) is 29.2 Å². The molecule has 0 saturated carbocycles. The molecule has 1 N–H and O–H groups in total. The van der Waals surface area contributed by atoms with Crippen molar-refractivity contribution in [2.24, 2.45) is 10.2 Å². The maximum atomic E-state index is 11.7. The van der Waals surface area contributed by atoms with Gasteiger partial charge >= 0.3 is 5.97 Å². The number of esters is 1. The predicted octanol–water partition coefficient (Wildman–Crippen LogP) is 5.40. The highest BCUT2D eigenvalue weighted by Crippen LogP contribution is 2.33. The zero-order valence-electron chi connectivity index (χ0n) is 15.9. The fraction of sp³-hybridized carbons (Fsp3) is 0.238. The van der Waals surface area contributed by atoms with Crippen LogP contribution in [0.1, 0.15) is 31.9 Å². The highest BCUT2D eigenvalue weighted by atomic mass is 16.5. The molecule has 144 valence electrons. The van der Waals surface area contributed by atoms with E-state index in [1.807, 2.05) is 37.3 Å². The lowest BCUT2D eigenvalue weighted by Gasteiger charge is -2.03. The number of azo groups is 1. The lowest BCUT2D eigenvalue weighted by molar-refractivity contribution is -0.134. The summed E-state index contributed by atoms with van der Waals surface area (Å²) < 4.78 is 6.68. The van der Waals surface area contributed by atoms with Gasteiger partial charge in [-0.1, -0.05) is 31.5 Å². The Kier molecular flexibility index (Phi) is 6.16. The number of rotatable bonds is 7. The predicted molar refractivity (Wildman–Crippen MR) is 106 cm³/mol. The number of aromatic hydroxyl groups is 1. The second-order valence-electron chi connectivity index (χ2n) is 6.28. The van der Waals surface area contributed by atoms with Crippen molar-refractivity contribution in [3.8, 4) is 17.3 Å². The zero-order valence-corrected chi connectivity index (χ0v) is 15.9. The Labute approximate surface area is 163 Å². The van der Waals surface area contributed by atoms with Gasteiger partial charge in [-0.3, -0.25) is 4.79 Å². The molecule has 3 aromatic rings. The molecule has 3 rings (SSSR count). The molecule has 7 nitrogen and oxygen atoms in total. The average molecular weight is 378 g/mol. The maximum absolute atomic E-state index is 11.7. The van der Waals surface area contributed by atoms with Gasteiger partial charge in [0.05, 0.1) is 17.1 Å². The minimum Gasteiger partial charge on any atom is -0.492 e. The number of ether oxygens (including phenoxy) is 1. The molecule has 0 aliphatic carbocycles. The van der Waals surface area contributed by atoms with E-state index in [9.17, 15) is 9.90 Å². The molecule has 7 heteroatoms. The Morgan fingerprint density at radius 2 is 1.82 bits per heavy atom. The zero-order chi connectivity index (χ0) is 19.9. The Balaban J connectivity index is 1.72. The minimum atomic E-state index is -0.245. The smallest absolute Gasteiger partial charge is 0.311 e. The van der Waals surface area contributed by atoms with Crippen molar-refractivity contribution in [1.29, 1.82) is 0 Å². The van der Waals surface area contributed by atoms with Gasteiger partial charge in [-0.2, -0.15) is 14.9 Å². The molecular formula is C21H22N4O3. The summed E-state index contributed by atoms with van der Waals surface area (Å²) in [6.45, 7) is 3.78. The Morgan fingerprint density at radius 3 is 2.50 bits per heavy atom. The van der Waals surface area contributed by atoms with E-state index in [1.165, 1.54) is 4.68 Å². The van der Waals surface area contributed by atoms with E-state index in [4.69, 9.17) is 4.74 Å². The van der Waals surface area contributed by atoms with E-state index in [-0.39, 0.29) is 11.8 Å². The SMILES string of the molecule is CCCCC(=O)Oc1ccc(N=Nc2c(C)nn(-c3ccccc3)c2O)cc1. The third kappa shape index (κ3) is 4.62. The highest BCUT2D eigenvalue weighted by molar-refractivity contribution is 5.72. The Bertz CT molecular complexity index is 963. The van der Waals surface area contributed by atoms with Gasteiger partial charge in [-0.25, -0.2) is 0 Å². The van der Waals surface area contributed by atoms with E-state index < -0.39 is 0 Å². The summed E-state index contributed by atoms with van der Waals surface area (Å²) in [5, 5.41) is 23.0. The lowest BCUT2D eigenvalue weighted by atomic mass is 10.2. The summed E-state index contributed by atoms with van der Waals surface area (Å²) in [6, 6.07) is 16.0. The average Bonchev–Trinajstić information content (AvgIpc) is 3.00. The molecule has 0 aliphatic heterocycles. The number of hydrogen-bond donors (Lipinski definition) is 1. The topological polar surface area (TPSA) is 89.1 Å². The van der Waals surface area contributed by atoms with E-state index in [2.05, 4.69) is 15.3 Å². The lowest BCUT2D eigenvalue weighted by Crippen LogP contribution is -2.06. The maximum Gasteiger partial charge on any atom is 0.311 e. The summed E-state index contributed by atoms with van der Waals surface area (Å²) in [7, 11) is 0. The van der Waals surface area contributed by atoms with Crippen molar-refractivity contribution in [2.75, 3.05) is 0 Å². The highest BCUT2D eigenvalue weighted by Gasteiger charge is 2.15. The number of aryl methyl sites for hydroxylation is 1. The van der Waals surface area contributed by atoms with Crippen LogP contribution in [0.4, 0.5) is 11.4 Å². The number of unbranched alkanes of at least 4 members (excludes halogenated alkanes) is 1. The first-order chi connectivity index (χ1) is 13.6. The van der Waals surface area contributed by atoms with Crippen molar-refractivity contribution in [3.05, 3.63) is 60.3 Å². The van der Waals surface area contributed by atoms with Crippen LogP contribution in [0.5, 0.6) is 11.6 Å². The van der Waals surface area contributed by atoms with E-state index in [0.717, 1.165) is 18.5 Å². The van der Waals surface area contributed by atoms with Crippen molar-refractivity contribution < 1.29 is 14.6 Å². The molecular weight excluding hydrogens is 356 g/mol. The number of nitrogens with zero attached hydrogens (tertiary/aromatic N) is 4. The van der Waals surface area contributed by atoms with Gasteiger partial charge in [-0.15, -0.1) is 5.11 Å². The number of hydrogen-bond acceptors (Lipinski definition) is 6. The number of aromatic nitrogens is 2. The van der Waals surface area contributed by atoms with Crippen molar-refractivity contribution >= 4 is 17.3 Å². The van der Waals surface area contributed by atoms with Crippen LogP contribution < -0.4 is 4.74 Å². The monoisotopic (exact) mass is 378 g/mol. The molecule has 0 fully saturated rings. The quantitative estimate of drug-likeness (QED) is 0.339. The molecule has 28 heavy (non-hydrogen) atoms. The molecule has 0 unspecified atom stereocenters. The van der Waals surface area contributed by atoms with Gasteiger partial charge in [-0.05, 0) is 49.7 Å². The summed E-state index contributed by atoms with van der Waals surface area (Å²) in [4.78, 5) is 11.7. The van der Waals surface area contributed by atoms with Gasteiger partial charge in [0.2, 0.25) is 5.88 Å². The molecule has 0 radical (unpaired) electrons. The minimum absolute atomic E-state index is 0.0751. The molecule has 0 saturated heterocycles. The van der Waals surface area contributed by atoms with Gasteiger partial charge < -0.3 is 9.84 Å². The molecule has 0 aliphatic rings.